The van der Waals surface area contributed by atoms with Crippen LogP contribution in [-0.4, -0.2) is 24.4 Å². The number of hydroxylamine groups is 2. The van der Waals surface area contributed by atoms with Gasteiger partial charge in [0.2, 0.25) is 0 Å². The lowest BCUT2D eigenvalue weighted by Crippen LogP contribution is -2.35. The minimum absolute atomic E-state index is 1.03. The summed E-state index contributed by atoms with van der Waals surface area (Å²) in [6.45, 7) is 3.88. The van der Waals surface area contributed by atoms with Crippen LogP contribution in [0.3, 0.4) is 0 Å². The van der Waals surface area contributed by atoms with Crippen LogP contribution in [0.5, 0.6) is 0 Å². The topological polar surface area (TPSA) is 24.8 Å². The zero-order chi connectivity index (χ0) is 5.82. The van der Waals surface area contributed by atoms with Crippen LogP contribution in [0.25, 0.3) is 0 Å². The summed E-state index contributed by atoms with van der Waals surface area (Å²) in [5, 5.41) is 5.41. The molecule has 0 aromatic rings. The molecular formula is C5H10N2O. The van der Waals surface area contributed by atoms with Crippen LogP contribution in [0.1, 0.15) is 13.3 Å². The minimum atomic E-state index is 1.03. The second-order valence-corrected chi connectivity index (χ2v) is 1.73. The Hall–Kier alpha value is -0.570. The van der Waals surface area contributed by atoms with E-state index in [0.29, 0.717) is 0 Å². The highest BCUT2D eigenvalue weighted by atomic mass is 16.8. The highest BCUT2D eigenvalue weighted by Crippen LogP contribution is 2.04. The summed E-state index contributed by atoms with van der Waals surface area (Å²) >= 11 is 0. The third kappa shape index (κ3) is 1.20. The third-order valence-electron chi connectivity index (χ3n) is 1.08. The lowest BCUT2D eigenvalue weighted by molar-refractivity contribution is -0.196. The quantitative estimate of drug-likeness (QED) is 0.388. The number of hydrogen-bond acceptors (Lipinski definition) is 3. The Morgan fingerprint density at radius 2 is 2.38 bits per heavy atom. The fraction of sp³-hybridized carbons (Fsp3) is 0.800. The molecule has 1 fully saturated rings. The molecule has 0 saturated carbocycles. The van der Waals surface area contributed by atoms with Crippen molar-refractivity contribution in [1.82, 2.24) is 5.06 Å². The molecular weight excluding hydrogens is 104 g/mol. The molecule has 0 N–H and O–H groups in total. The van der Waals surface area contributed by atoms with Gasteiger partial charge in [0.25, 0.3) is 0 Å². The van der Waals surface area contributed by atoms with Crippen molar-refractivity contribution < 1.29 is 4.94 Å². The van der Waals surface area contributed by atoms with E-state index < -0.39 is 0 Å². The van der Waals surface area contributed by atoms with E-state index in [1.165, 1.54) is 6.42 Å². The Morgan fingerprint density at radius 3 is 2.75 bits per heavy atom. The fourth-order valence-corrected chi connectivity index (χ4v) is 0.483. The van der Waals surface area contributed by atoms with Crippen molar-refractivity contribution in [2.45, 2.75) is 13.3 Å². The van der Waals surface area contributed by atoms with Gasteiger partial charge in [-0.25, -0.2) is 0 Å². The highest BCUT2D eigenvalue weighted by molar-refractivity contribution is 5.52. The summed E-state index contributed by atoms with van der Waals surface area (Å²) in [4.78, 5) is 4.83. The molecule has 0 atom stereocenters. The van der Waals surface area contributed by atoms with Gasteiger partial charge in [0.05, 0.1) is 0 Å². The normalized spacial score (nSPS) is 21.1. The Balaban J connectivity index is 2.01. The molecule has 0 amide bonds. The summed E-state index contributed by atoms with van der Waals surface area (Å²) in [6, 6.07) is 0. The average Bonchev–Trinajstić information content (AvgIpc) is 1.63. The van der Waals surface area contributed by atoms with Crippen LogP contribution in [0, 0.1) is 0 Å². The van der Waals surface area contributed by atoms with Gasteiger partial charge in [-0.1, -0.05) is 5.16 Å². The first-order chi connectivity index (χ1) is 3.93. The molecule has 8 heavy (non-hydrogen) atoms. The van der Waals surface area contributed by atoms with Crippen LogP contribution >= 0.6 is 0 Å². The van der Waals surface area contributed by atoms with Crippen molar-refractivity contribution in [2.75, 3.05) is 13.1 Å². The second-order valence-electron chi connectivity index (χ2n) is 1.73. The fourth-order valence-electron chi connectivity index (χ4n) is 0.483. The Morgan fingerprint density at radius 1 is 1.62 bits per heavy atom. The van der Waals surface area contributed by atoms with Crippen LogP contribution < -0.4 is 0 Å². The molecule has 3 heteroatoms. The minimum Gasteiger partial charge on any atom is -0.297 e. The maximum atomic E-state index is 4.83. The van der Waals surface area contributed by atoms with Crippen molar-refractivity contribution in [2.24, 2.45) is 5.16 Å². The number of hydrogen-bond donors (Lipinski definition) is 0. The SMILES string of the molecule is CC=NON1CCC1. The highest BCUT2D eigenvalue weighted by Gasteiger charge is 2.13. The maximum Gasteiger partial charge on any atom is 0.0431 e. The lowest BCUT2D eigenvalue weighted by atomic mass is 10.3. The molecule has 1 aliphatic rings. The largest absolute Gasteiger partial charge is 0.297 e. The Kier molecular flexibility index (Phi) is 1.86. The molecule has 1 saturated heterocycles. The molecule has 0 aromatic heterocycles. The number of rotatable bonds is 2. The van der Waals surface area contributed by atoms with Crippen molar-refractivity contribution in [3.63, 3.8) is 0 Å². The molecule has 0 radical (unpaired) electrons. The van der Waals surface area contributed by atoms with Gasteiger partial charge >= 0.3 is 0 Å². The van der Waals surface area contributed by atoms with Gasteiger partial charge in [-0.15, -0.1) is 5.06 Å². The zero-order valence-corrected chi connectivity index (χ0v) is 5.00. The molecule has 1 heterocycles. The van der Waals surface area contributed by atoms with Crippen LogP contribution in [0.15, 0.2) is 5.16 Å². The standard InChI is InChI=1S/C5H10N2O/c1-2-6-8-7-4-3-5-7/h2H,3-5H2,1H3. The van der Waals surface area contributed by atoms with E-state index in [9.17, 15) is 0 Å². The molecule has 0 aliphatic carbocycles. The summed E-state index contributed by atoms with van der Waals surface area (Å²) in [5.41, 5.74) is 0. The number of nitrogens with zero attached hydrogens (tertiary/aromatic N) is 2. The first kappa shape index (κ1) is 5.56. The summed E-state index contributed by atoms with van der Waals surface area (Å²) < 4.78 is 0. The van der Waals surface area contributed by atoms with E-state index in [4.69, 9.17) is 4.94 Å². The van der Waals surface area contributed by atoms with Crippen LogP contribution in [-0.2, 0) is 4.94 Å². The van der Waals surface area contributed by atoms with E-state index in [2.05, 4.69) is 5.16 Å². The smallest absolute Gasteiger partial charge is 0.0431 e. The van der Waals surface area contributed by atoms with Crippen molar-refractivity contribution in [1.29, 1.82) is 0 Å². The van der Waals surface area contributed by atoms with Gasteiger partial charge in [-0.2, -0.15) is 0 Å². The average molecular weight is 114 g/mol. The predicted octanol–water partition coefficient (Wildman–Crippen LogP) is 0.629. The van der Waals surface area contributed by atoms with E-state index in [1.54, 1.807) is 6.21 Å². The van der Waals surface area contributed by atoms with Gasteiger partial charge < -0.3 is 0 Å². The summed E-state index contributed by atoms with van der Waals surface area (Å²) in [7, 11) is 0. The van der Waals surface area contributed by atoms with Gasteiger partial charge in [0.1, 0.15) is 0 Å². The van der Waals surface area contributed by atoms with E-state index in [-0.39, 0.29) is 0 Å². The van der Waals surface area contributed by atoms with Crippen molar-refractivity contribution in [3.05, 3.63) is 0 Å². The predicted molar refractivity (Wildman–Crippen MR) is 31.4 cm³/mol. The van der Waals surface area contributed by atoms with Gasteiger partial charge in [0.15, 0.2) is 0 Å². The summed E-state index contributed by atoms with van der Waals surface area (Å²) in [5.74, 6) is 0. The van der Waals surface area contributed by atoms with Gasteiger partial charge in [-0.3, -0.25) is 4.94 Å². The molecule has 3 nitrogen and oxygen atoms in total. The molecule has 1 rings (SSSR count). The molecule has 0 unspecified atom stereocenters. The van der Waals surface area contributed by atoms with Gasteiger partial charge in [0, 0.05) is 19.3 Å². The van der Waals surface area contributed by atoms with Crippen molar-refractivity contribution in [3.8, 4) is 0 Å². The lowest BCUT2D eigenvalue weighted by Gasteiger charge is -2.25. The van der Waals surface area contributed by atoms with Crippen LogP contribution in [0.4, 0.5) is 0 Å². The van der Waals surface area contributed by atoms with Crippen LogP contribution in [0.2, 0.25) is 0 Å². The molecule has 0 aromatic carbocycles. The monoisotopic (exact) mass is 114 g/mol. The Labute approximate surface area is 48.9 Å². The zero-order valence-electron chi connectivity index (χ0n) is 5.00. The molecule has 0 spiro atoms. The first-order valence-electron chi connectivity index (χ1n) is 2.83. The summed E-state index contributed by atoms with van der Waals surface area (Å²) in [6.07, 6.45) is 2.87. The van der Waals surface area contributed by atoms with Crippen molar-refractivity contribution >= 4 is 6.21 Å². The number of oxime groups is 1. The first-order valence-corrected chi connectivity index (χ1v) is 2.83. The van der Waals surface area contributed by atoms with E-state index in [1.807, 2.05) is 12.0 Å². The third-order valence-corrected chi connectivity index (χ3v) is 1.08. The molecule has 1 aliphatic heterocycles. The maximum absolute atomic E-state index is 4.83. The van der Waals surface area contributed by atoms with Gasteiger partial charge in [-0.05, 0) is 13.3 Å². The van der Waals surface area contributed by atoms with E-state index in [0.717, 1.165) is 13.1 Å². The Bertz CT molecular complexity index is 88.4. The molecule has 0 bridgehead atoms. The second kappa shape index (κ2) is 2.67. The molecule has 46 valence electrons. The van der Waals surface area contributed by atoms with E-state index >= 15 is 0 Å².